The topological polar surface area (TPSA) is 56.0 Å². The number of hydrogen-bond acceptors (Lipinski definition) is 4. The number of nitrogen functional groups attached to an aromatic ring is 1. The monoisotopic (exact) mass is 178 g/mol. The quantitative estimate of drug-likeness (QED) is 0.660. The summed E-state index contributed by atoms with van der Waals surface area (Å²) in [5.74, 6) is 0.314. The Bertz CT molecular complexity index is 478. The molecular weight excluding hydrogens is 172 g/mol. The van der Waals surface area contributed by atoms with Gasteiger partial charge in [-0.3, -0.25) is 4.79 Å². The Kier molecular flexibility index (Phi) is 1.55. The lowest BCUT2D eigenvalue weighted by Crippen LogP contribution is -2.03. The second-order valence-corrected chi connectivity index (χ2v) is 3.35. The highest BCUT2D eigenvalue weighted by molar-refractivity contribution is 7.16. The molecule has 60 valence electrons. The molecular formula is C8H6N2OS. The molecule has 1 aromatic carbocycles. The van der Waals surface area contributed by atoms with Crippen molar-refractivity contribution in [1.82, 2.24) is 4.98 Å². The Morgan fingerprint density at radius 3 is 2.92 bits per heavy atom. The molecule has 0 atom stereocenters. The number of anilines is 1. The Morgan fingerprint density at radius 2 is 2.08 bits per heavy atom. The third-order valence-corrected chi connectivity index (χ3v) is 2.41. The molecule has 0 unspecified atom stereocenters. The third-order valence-electron chi connectivity index (χ3n) is 1.57. The average Bonchev–Trinajstić information content (AvgIpc) is 2.04. The van der Waals surface area contributed by atoms with Crippen LogP contribution in [0.3, 0.4) is 0 Å². The van der Waals surface area contributed by atoms with E-state index in [0.29, 0.717) is 5.82 Å². The molecule has 2 N–H and O–H groups in total. The lowest BCUT2D eigenvalue weighted by molar-refractivity contribution is 1.34. The summed E-state index contributed by atoms with van der Waals surface area (Å²) in [5.41, 5.74) is 5.55. The fourth-order valence-corrected chi connectivity index (χ4v) is 1.80. The van der Waals surface area contributed by atoms with Crippen LogP contribution in [0, 0.1) is 0 Å². The van der Waals surface area contributed by atoms with E-state index in [0.717, 1.165) is 21.4 Å². The van der Waals surface area contributed by atoms with Gasteiger partial charge in [0, 0.05) is 10.1 Å². The SMILES string of the molecule is Nc1nc(=O)sc2ccccc12. The van der Waals surface area contributed by atoms with E-state index < -0.39 is 0 Å². The molecule has 2 aromatic rings. The van der Waals surface area contributed by atoms with E-state index in [9.17, 15) is 4.79 Å². The Labute approximate surface area is 72.5 Å². The number of benzene rings is 1. The van der Waals surface area contributed by atoms with Gasteiger partial charge in [0.05, 0.1) is 0 Å². The largest absolute Gasteiger partial charge is 0.383 e. The van der Waals surface area contributed by atoms with Crippen LogP contribution in [0.25, 0.3) is 10.1 Å². The summed E-state index contributed by atoms with van der Waals surface area (Å²) in [6.07, 6.45) is 0. The molecule has 1 aromatic heterocycles. The van der Waals surface area contributed by atoms with Crippen molar-refractivity contribution in [2.24, 2.45) is 0 Å². The summed E-state index contributed by atoms with van der Waals surface area (Å²) in [5, 5.41) is 0.849. The highest BCUT2D eigenvalue weighted by Gasteiger charge is 1.99. The van der Waals surface area contributed by atoms with Crippen LogP contribution in [0.1, 0.15) is 0 Å². The van der Waals surface area contributed by atoms with Crippen molar-refractivity contribution < 1.29 is 0 Å². The molecule has 0 aliphatic heterocycles. The van der Waals surface area contributed by atoms with Crippen molar-refractivity contribution in [2.75, 3.05) is 5.73 Å². The van der Waals surface area contributed by atoms with Gasteiger partial charge in [0.2, 0.25) is 0 Å². The molecule has 0 radical (unpaired) electrons. The van der Waals surface area contributed by atoms with Gasteiger partial charge in [0.15, 0.2) is 0 Å². The van der Waals surface area contributed by atoms with Gasteiger partial charge in [-0.25, -0.2) is 0 Å². The van der Waals surface area contributed by atoms with E-state index in [-0.39, 0.29) is 4.87 Å². The lowest BCUT2D eigenvalue weighted by atomic mass is 10.3. The van der Waals surface area contributed by atoms with Gasteiger partial charge in [-0.2, -0.15) is 4.98 Å². The zero-order valence-corrected chi connectivity index (χ0v) is 6.97. The van der Waals surface area contributed by atoms with Crippen LogP contribution >= 0.6 is 11.3 Å². The molecule has 12 heavy (non-hydrogen) atoms. The molecule has 3 nitrogen and oxygen atoms in total. The van der Waals surface area contributed by atoms with Crippen molar-refractivity contribution in [3.63, 3.8) is 0 Å². The molecule has 0 amide bonds. The maximum absolute atomic E-state index is 10.9. The van der Waals surface area contributed by atoms with Gasteiger partial charge < -0.3 is 5.73 Å². The third kappa shape index (κ3) is 1.06. The molecule has 2 rings (SSSR count). The molecule has 4 heteroatoms. The second-order valence-electron chi connectivity index (χ2n) is 2.36. The number of nitrogens with two attached hydrogens (primary N) is 1. The molecule has 0 bridgehead atoms. The predicted octanol–water partition coefficient (Wildman–Crippen LogP) is 1.24. The minimum Gasteiger partial charge on any atom is -0.383 e. The number of fused-ring (bicyclic) bond motifs is 1. The molecule has 0 spiro atoms. The summed E-state index contributed by atoms with van der Waals surface area (Å²) in [7, 11) is 0. The number of aromatic nitrogens is 1. The van der Waals surface area contributed by atoms with Crippen LogP contribution in [0.5, 0.6) is 0 Å². The summed E-state index contributed by atoms with van der Waals surface area (Å²) in [6.45, 7) is 0. The first-order valence-electron chi connectivity index (χ1n) is 3.43. The molecule has 0 aliphatic carbocycles. The minimum absolute atomic E-state index is 0.244. The van der Waals surface area contributed by atoms with E-state index in [4.69, 9.17) is 5.73 Å². The van der Waals surface area contributed by atoms with E-state index >= 15 is 0 Å². The Balaban J connectivity index is 2.99. The van der Waals surface area contributed by atoms with Crippen molar-refractivity contribution in [3.8, 4) is 0 Å². The van der Waals surface area contributed by atoms with Crippen molar-refractivity contribution in [2.45, 2.75) is 0 Å². The van der Waals surface area contributed by atoms with Gasteiger partial charge in [-0.1, -0.05) is 23.5 Å². The molecule has 0 fully saturated rings. The maximum Gasteiger partial charge on any atom is 0.328 e. The first-order chi connectivity index (χ1) is 5.77. The number of hydrogen-bond donors (Lipinski definition) is 1. The smallest absolute Gasteiger partial charge is 0.328 e. The summed E-state index contributed by atoms with van der Waals surface area (Å²) in [4.78, 5) is 14.3. The normalized spacial score (nSPS) is 10.3. The van der Waals surface area contributed by atoms with E-state index in [1.807, 2.05) is 24.3 Å². The first-order valence-corrected chi connectivity index (χ1v) is 4.24. The zero-order chi connectivity index (χ0) is 8.55. The van der Waals surface area contributed by atoms with E-state index in [1.165, 1.54) is 0 Å². The van der Waals surface area contributed by atoms with Crippen LogP contribution in [-0.4, -0.2) is 4.98 Å². The minimum atomic E-state index is -0.244. The molecule has 0 saturated heterocycles. The van der Waals surface area contributed by atoms with Gasteiger partial charge in [-0.05, 0) is 12.1 Å². The van der Waals surface area contributed by atoms with Gasteiger partial charge in [0.25, 0.3) is 0 Å². The van der Waals surface area contributed by atoms with Crippen molar-refractivity contribution >= 4 is 27.2 Å². The van der Waals surface area contributed by atoms with Crippen molar-refractivity contribution in [1.29, 1.82) is 0 Å². The second kappa shape index (κ2) is 2.57. The first kappa shape index (κ1) is 7.24. The zero-order valence-electron chi connectivity index (χ0n) is 6.15. The van der Waals surface area contributed by atoms with E-state index in [1.54, 1.807) is 0 Å². The fourth-order valence-electron chi connectivity index (χ4n) is 1.04. The molecule has 1 heterocycles. The number of nitrogens with zero attached hydrogens (tertiary/aromatic N) is 1. The molecule has 0 saturated carbocycles. The lowest BCUT2D eigenvalue weighted by Gasteiger charge is -1.96. The standard InChI is InChI=1S/C8H6N2OS/c9-7-5-3-1-2-4-6(5)12-8(11)10-7/h1-4H,(H2,9,10,11). The average molecular weight is 178 g/mol. The van der Waals surface area contributed by atoms with Gasteiger partial charge in [0.1, 0.15) is 5.82 Å². The highest BCUT2D eigenvalue weighted by atomic mass is 32.1. The Morgan fingerprint density at radius 1 is 1.33 bits per heavy atom. The van der Waals surface area contributed by atoms with Crippen LogP contribution in [0.4, 0.5) is 5.82 Å². The summed E-state index contributed by atoms with van der Waals surface area (Å²) >= 11 is 1.11. The molecule has 0 aliphatic rings. The summed E-state index contributed by atoms with van der Waals surface area (Å²) in [6, 6.07) is 7.46. The van der Waals surface area contributed by atoms with Gasteiger partial charge in [-0.15, -0.1) is 0 Å². The maximum atomic E-state index is 10.9. The van der Waals surface area contributed by atoms with Crippen LogP contribution in [-0.2, 0) is 0 Å². The van der Waals surface area contributed by atoms with Crippen LogP contribution < -0.4 is 10.6 Å². The van der Waals surface area contributed by atoms with Crippen molar-refractivity contribution in [3.05, 3.63) is 33.9 Å². The highest BCUT2D eigenvalue weighted by Crippen LogP contribution is 2.18. The van der Waals surface area contributed by atoms with E-state index in [2.05, 4.69) is 4.98 Å². The fraction of sp³-hybridized carbons (Fsp3) is 0. The summed E-state index contributed by atoms with van der Waals surface area (Å²) < 4.78 is 0.884. The van der Waals surface area contributed by atoms with Gasteiger partial charge >= 0.3 is 4.87 Å². The number of rotatable bonds is 0. The predicted molar refractivity (Wildman–Crippen MR) is 50.3 cm³/mol. The Hall–Kier alpha value is -1.42. The van der Waals surface area contributed by atoms with Crippen LogP contribution in [0.2, 0.25) is 0 Å². The van der Waals surface area contributed by atoms with Crippen LogP contribution in [0.15, 0.2) is 29.1 Å².